The van der Waals surface area contributed by atoms with Crippen molar-refractivity contribution in [2.45, 2.75) is 37.7 Å². The van der Waals surface area contributed by atoms with Gasteiger partial charge in [-0.05, 0) is 37.1 Å². The summed E-state index contributed by atoms with van der Waals surface area (Å²) < 4.78 is 14.9. The van der Waals surface area contributed by atoms with Gasteiger partial charge in [-0.2, -0.15) is 0 Å². The molecule has 1 aliphatic rings. The van der Waals surface area contributed by atoms with Crippen molar-refractivity contribution >= 4 is 11.6 Å². The number of anilines is 2. The van der Waals surface area contributed by atoms with Gasteiger partial charge in [0.1, 0.15) is 11.4 Å². The van der Waals surface area contributed by atoms with E-state index in [1.165, 1.54) is 12.1 Å². The van der Waals surface area contributed by atoms with Crippen LogP contribution in [0.1, 0.15) is 37.9 Å². The molecule has 1 N–H and O–H groups in total. The molecule has 0 bridgehead atoms. The van der Waals surface area contributed by atoms with Crippen LogP contribution in [0.2, 0.25) is 0 Å². The van der Waals surface area contributed by atoms with E-state index in [2.05, 4.69) is 10.2 Å². The van der Waals surface area contributed by atoms with Crippen LogP contribution in [-0.2, 0) is 12.6 Å². The largest absolute Gasteiger partial charge is 0.382 e. The Bertz CT molecular complexity index is 647. The summed E-state index contributed by atoms with van der Waals surface area (Å²) >= 11 is 0. The molecule has 0 atom stereocenters. The summed E-state index contributed by atoms with van der Waals surface area (Å²) in [6.07, 6.45) is 4.61. The molecule has 1 aromatic heterocycles. The highest BCUT2D eigenvalue weighted by Gasteiger charge is 2.36. The first-order chi connectivity index (χ1) is 10.5. The lowest BCUT2D eigenvalue weighted by Crippen LogP contribution is -2.32. The second kappa shape index (κ2) is 5.68. The molecule has 0 unspecified atom stereocenters. The number of nitrogens with zero attached hydrogens (tertiary/aromatic N) is 4. The average Bonchev–Trinajstić information content (AvgIpc) is 2.90. The van der Waals surface area contributed by atoms with Crippen molar-refractivity contribution in [2.24, 2.45) is 7.05 Å². The average molecular weight is 304 g/mol. The molecular formula is C16H21FN4O. The minimum absolute atomic E-state index is 0.271. The number of hydrogen-bond acceptors (Lipinski definition) is 4. The van der Waals surface area contributed by atoms with Crippen LogP contribution in [0.3, 0.4) is 0 Å². The van der Waals surface area contributed by atoms with E-state index in [-0.39, 0.29) is 5.82 Å². The SMILES string of the molecule is CN(c1ccc(F)cc1)c1nnc(C2(O)CCCCC2)n1C. The number of hydrogen-bond donors (Lipinski definition) is 1. The Morgan fingerprint density at radius 3 is 2.41 bits per heavy atom. The van der Waals surface area contributed by atoms with Crippen LogP contribution < -0.4 is 4.90 Å². The molecule has 1 fully saturated rings. The maximum atomic E-state index is 13.0. The molecule has 6 heteroatoms. The van der Waals surface area contributed by atoms with Crippen LogP contribution >= 0.6 is 0 Å². The van der Waals surface area contributed by atoms with Crippen LogP contribution in [0.5, 0.6) is 0 Å². The van der Waals surface area contributed by atoms with Crippen molar-refractivity contribution in [3.8, 4) is 0 Å². The van der Waals surface area contributed by atoms with E-state index in [1.807, 2.05) is 23.6 Å². The van der Waals surface area contributed by atoms with Crippen molar-refractivity contribution in [3.05, 3.63) is 35.9 Å². The molecule has 118 valence electrons. The quantitative estimate of drug-likeness (QED) is 0.947. The zero-order valence-corrected chi connectivity index (χ0v) is 13.0. The third kappa shape index (κ3) is 2.59. The maximum Gasteiger partial charge on any atom is 0.231 e. The standard InChI is InChI=1S/C16H21FN4O/c1-20(13-8-6-12(17)7-9-13)15-19-18-14(21(15)2)16(22)10-4-3-5-11-16/h6-9,22H,3-5,10-11H2,1-2H3. The zero-order chi connectivity index (χ0) is 15.7. The van der Waals surface area contributed by atoms with Gasteiger partial charge < -0.3 is 10.0 Å². The summed E-state index contributed by atoms with van der Waals surface area (Å²) in [6.45, 7) is 0. The minimum Gasteiger partial charge on any atom is -0.382 e. The van der Waals surface area contributed by atoms with Crippen molar-refractivity contribution in [1.82, 2.24) is 14.8 Å². The fourth-order valence-electron chi connectivity index (χ4n) is 3.16. The fraction of sp³-hybridized carbons (Fsp3) is 0.500. The van der Waals surface area contributed by atoms with Crippen LogP contribution in [0.25, 0.3) is 0 Å². The molecule has 1 aliphatic carbocycles. The Kier molecular flexibility index (Phi) is 3.87. The molecule has 0 saturated heterocycles. The molecule has 1 saturated carbocycles. The lowest BCUT2D eigenvalue weighted by Gasteiger charge is -2.31. The molecule has 1 heterocycles. The molecule has 0 spiro atoms. The highest BCUT2D eigenvalue weighted by atomic mass is 19.1. The van der Waals surface area contributed by atoms with Gasteiger partial charge in [0.25, 0.3) is 0 Å². The predicted octanol–water partition coefficient (Wildman–Crippen LogP) is 2.87. The van der Waals surface area contributed by atoms with Crippen LogP contribution in [0.4, 0.5) is 16.0 Å². The Labute approximate surface area is 129 Å². The van der Waals surface area contributed by atoms with E-state index in [0.29, 0.717) is 11.8 Å². The van der Waals surface area contributed by atoms with Gasteiger partial charge in [-0.15, -0.1) is 10.2 Å². The van der Waals surface area contributed by atoms with Crippen LogP contribution in [-0.4, -0.2) is 26.9 Å². The summed E-state index contributed by atoms with van der Waals surface area (Å²) in [5, 5.41) is 19.3. The summed E-state index contributed by atoms with van der Waals surface area (Å²) in [7, 11) is 3.71. The van der Waals surface area contributed by atoms with Gasteiger partial charge in [-0.1, -0.05) is 19.3 Å². The van der Waals surface area contributed by atoms with Gasteiger partial charge in [0, 0.05) is 19.8 Å². The van der Waals surface area contributed by atoms with Gasteiger partial charge in [0.2, 0.25) is 5.95 Å². The van der Waals surface area contributed by atoms with Crippen LogP contribution in [0, 0.1) is 5.82 Å². The first kappa shape index (κ1) is 15.0. The normalized spacial score (nSPS) is 17.5. The monoisotopic (exact) mass is 304 g/mol. The van der Waals surface area contributed by atoms with Gasteiger partial charge in [0.15, 0.2) is 5.82 Å². The number of halogens is 1. The second-order valence-corrected chi connectivity index (χ2v) is 6.01. The first-order valence-electron chi connectivity index (χ1n) is 7.63. The topological polar surface area (TPSA) is 54.2 Å². The Hall–Kier alpha value is -1.95. The van der Waals surface area contributed by atoms with Gasteiger partial charge in [0.05, 0.1) is 0 Å². The van der Waals surface area contributed by atoms with Crippen molar-refractivity contribution < 1.29 is 9.50 Å². The summed E-state index contributed by atoms with van der Waals surface area (Å²) in [6, 6.07) is 6.22. The Morgan fingerprint density at radius 1 is 1.14 bits per heavy atom. The number of aliphatic hydroxyl groups is 1. The Morgan fingerprint density at radius 2 is 1.77 bits per heavy atom. The van der Waals surface area contributed by atoms with Crippen molar-refractivity contribution in [3.63, 3.8) is 0 Å². The fourth-order valence-corrected chi connectivity index (χ4v) is 3.16. The third-order valence-electron chi connectivity index (χ3n) is 4.46. The maximum absolute atomic E-state index is 13.0. The molecule has 22 heavy (non-hydrogen) atoms. The van der Waals surface area contributed by atoms with E-state index in [1.54, 1.807) is 12.1 Å². The molecule has 0 aliphatic heterocycles. The molecule has 5 nitrogen and oxygen atoms in total. The summed E-state index contributed by atoms with van der Waals surface area (Å²) in [5.74, 6) is 0.962. The minimum atomic E-state index is -0.887. The van der Waals surface area contributed by atoms with E-state index >= 15 is 0 Å². The molecular weight excluding hydrogens is 283 g/mol. The Balaban J connectivity index is 1.91. The van der Waals surface area contributed by atoms with Gasteiger partial charge >= 0.3 is 0 Å². The smallest absolute Gasteiger partial charge is 0.231 e. The summed E-state index contributed by atoms with van der Waals surface area (Å²) in [4.78, 5) is 1.84. The lowest BCUT2D eigenvalue weighted by molar-refractivity contribution is -0.0115. The van der Waals surface area contributed by atoms with E-state index < -0.39 is 5.60 Å². The number of aromatic nitrogens is 3. The number of benzene rings is 1. The van der Waals surface area contributed by atoms with E-state index in [0.717, 1.165) is 37.8 Å². The summed E-state index contributed by atoms with van der Waals surface area (Å²) in [5.41, 5.74) is -0.0684. The predicted molar refractivity (Wildman–Crippen MR) is 82.4 cm³/mol. The van der Waals surface area contributed by atoms with Crippen molar-refractivity contribution in [2.75, 3.05) is 11.9 Å². The first-order valence-corrected chi connectivity index (χ1v) is 7.63. The lowest BCUT2D eigenvalue weighted by atomic mass is 9.84. The van der Waals surface area contributed by atoms with E-state index in [9.17, 15) is 9.50 Å². The molecule has 0 radical (unpaired) electrons. The number of rotatable bonds is 3. The zero-order valence-electron chi connectivity index (χ0n) is 13.0. The highest BCUT2D eigenvalue weighted by Crippen LogP contribution is 2.37. The third-order valence-corrected chi connectivity index (χ3v) is 4.46. The molecule has 1 aromatic carbocycles. The van der Waals surface area contributed by atoms with Gasteiger partial charge in [-0.25, -0.2) is 4.39 Å². The molecule has 2 aromatic rings. The van der Waals surface area contributed by atoms with Gasteiger partial charge in [-0.3, -0.25) is 4.57 Å². The molecule has 3 rings (SSSR count). The highest BCUT2D eigenvalue weighted by molar-refractivity contribution is 5.56. The van der Waals surface area contributed by atoms with Crippen molar-refractivity contribution in [1.29, 1.82) is 0 Å². The second-order valence-electron chi connectivity index (χ2n) is 6.01. The van der Waals surface area contributed by atoms with Crippen LogP contribution in [0.15, 0.2) is 24.3 Å². The molecule has 0 amide bonds. The van der Waals surface area contributed by atoms with E-state index in [4.69, 9.17) is 0 Å².